The van der Waals surface area contributed by atoms with Gasteiger partial charge in [-0.3, -0.25) is 9.59 Å². The van der Waals surface area contributed by atoms with E-state index in [0.717, 1.165) is 38.5 Å². The third kappa shape index (κ3) is 9.77. The topological polar surface area (TPSA) is 80.4 Å². The zero-order chi connectivity index (χ0) is 26.9. The summed E-state index contributed by atoms with van der Waals surface area (Å²) in [6.07, 6.45) is 18.8. The average Bonchev–Trinajstić information content (AvgIpc) is 3.32. The number of unbranched alkanes of at least 4 members (excludes halogenated alkanes) is 14. The van der Waals surface area contributed by atoms with Gasteiger partial charge in [0.2, 0.25) is 11.0 Å². The van der Waals surface area contributed by atoms with Gasteiger partial charge in [-0.2, -0.15) is 0 Å². The van der Waals surface area contributed by atoms with Crippen LogP contribution in [0.25, 0.3) is 11.1 Å². The van der Waals surface area contributed by atoms with E-state index in [9.17, 15) is 14.7 Å². The Hall–Kier alpha value is -1.82. The maximum Gasteiger partial charge on any atom is 0.308 e. The number of para-hydroxylation sites is 2. The molecule has 0 aliphatic heterocycles. The van der Waals surface area contributed by atoms with E-state index in [1.54, 1.807) is 0 Å². The van der Waals surface area contributed by atoms with Crippen LogP contribution < -0.4 is 0 Å². The number of hydrogen-bond donors (Lipinski definition) is 2. The van der Waals surface area contributed by atoms with Gasteiger partial charge in [-0.15, -0.1) is 12.6 Å². The molecule has 1 heterocycles. The minimum Gasteiger partial charge on any atom is -0.481 e. The van der Waals surface area contributed by atoms with Crippen molar-refractivity contribution in [2.75, 3.05) is 0 Å². The molecule has 0 bridgehead atoms. The highest BCUT2D eigenvalue weighted by atomic mass is 32.1. The zero-order valence-corrected chi connectivity index (χ0v) is 24.1. The summed E-state index contributed by atoms with van der Waals surface area (Å²) in [7, 11) is 0. The number of thiol groups is 1. The highest BCUT2D eigenvalue weighted by molar-refractivity contribution is 7.96. The number of aliphatic carboxylic acids is 1. The lowest BCUT2D eigenvalue weighted by molar-refractivity contribution is -0.148. The molecule has 37 heavy (non-hydrogen) atoms. The van der Waals surface area contributed by atoms with Crippen molar-refractivity contribution in [3.63, 3.8) is 0 Å². The third-order valence-electron chi connectivity index (χ3n) is 7.72. The minimum atomic E-state index is -1.36. The molecule has 2 rings (SSSR count). The molecule has 5 nitrogen and oxygen atoms in total. The van der Waals surface area contributed by atoms with E-state index in [0.29, 0.717) is 23.9 Å². The van der Waals surface area contributed by atoms with Crippen LogP contribution in [0.15, 0.2) is 28.7 Å². The largest absolute Gasteiger partial charge is 0.481 e. The molecule has 2 aromatic rings. The third-order valence-corrected chi connectivity index (χ3v) is 8.12. The molecule has 0 spiro atoms. The number of benzene rings is 1. The van der Waals surface area contributed by atoms with Gasteiger partial charge in [-0.1, -0.05) is 129 Å². The van der Waals surface area contributed by atoms with E-state index in [1.807, 2.05) is 24.3 Å². The summed E-state index contributed by atoms with van der Waals surface area (Å²) in [5.41, 5.74) is -0.149. The normalized spacial score (nSPS) is 14.0. The fraction of sp³-hybridized carbons (Fsp3) is 0.710. The van der Waals surface area contributed by atoms with Crippen molar-refractivity contribution >= 4 is 34.8 Å². The van der Waals surface area contributed by atoms with Crippen LogP contribution in [0.2, 0.25) is 0 Å². The highest BCUT2D eigenvalue weighted by Gasteiger charge is 2.52. The summed E-state index contributed by atoms with van der Waals surface area (Å²) in [4.78, 5) is 30.6. The highest BCUT2D eigenvalue weighted by Crippen LogP contribution is 2.43. The molecule has 0 amide bonds. The Bertz CT molecular complexity index is 894. The molecular weight excluding hydrogens is 482 g/mol. The SMILES string of the molecule is CCCCCCCCCCC(C(=O)O)C(CCCCCCCCCC)(C(=O)S)c1nc2ccccc2o1. The molecule has 1 aromatic heterocycles. The van der Waals surface area contributed by atoms with Crippen molar-refractivity contribution in [2.24, 2.45) is 5.92 Å². The van der Waals surface area contributed by atoms with E-state index in [2.05, 4.69) is 31.5 Å². The maximum absolute atomic E-state index is 13.3. The van der Waals surface area contributed by atoms with Crippen molar-refractivity contribution in [1.82, 2.24) is 4.98 Å². The van der Waals surface area contributed by atoms with Crippen LogP contribution in [0.5, 0.6) is 0 Å². The van der Waals surface area contributed by atoms with Crippen LogP contribution in [0.1, 0.15) is 135 Å². The predicted molar refractivity (Wildman–Crippen MR) is 155 cm³/mol. The van der Waals surface area contributed by atoms with E-state index in [-0.39, 0.29) is 5.89 Å². The van der Waals surface area contributed by atoms with Crippen LogP contribution in [0.4, 0.5) is 0 Å². The molecule has 0 saturated heterocycles. The lowest BCUT2D eigenvalue weighted by Crippen LogP contribution is -2.45. The lowest BCUT2D eigenvalue weighted by Gasteiger charge is -2.33. The molecule has 0 fully saturated rings. The number of carboxylic acid groups (broad SMARTS) is 1. The Morgan fingerprint density at radius 3 is 1.86 bits per heavy atom. The minimum absolute atomic E-state index is 0.212. The summed E-state index contributed by atoms with van der Waals surface area (Å²) < 4.78 is 6.09. The Balaban J connectivity index is 2.15. The quantitative estimate of drug-likeness (QED) is 0.117. The van der Waals surface area contributed by atoms with Crippen LogP contribution in [0, 0.1) is 5.92 Å². The molecule has 0 saturated carbocycles. The first-order chi connectivity index (χ1) is 18.0. The molecule has 0 radical (unpaired) electrons. The zero-order valence-electron chi connectivity index (χ0n) is 23.2. The number of fused-ring (bicyclic) bond motifs is 1. The van der Waals surface area contributed by atoms with E-state index in [4.69, 9.17) is 4.42 Å². The Labute approximate surface area is 229 Å². The Morgan fingerprint density at radius 1 is 0.838 bits per heavy atom. The van der Waals surface area contributed by atoms with Gasteiger partial charge in [0.05, 0.1) is 5.92 Å². The Morgan fingerprint density at radius 2 is 1.35 bits per heavy atom. The van der Waals surface area contributed by atoms with Gasteiger partial charge in [-0.25, -0.2) is 4.98 Å². The van der Waals surface area contributed by atoms with Gasteiger partial charge < -0.3 is 9.52 Å². The van der Waals surface area contributed by atoms with Gasteiger partial charge in [0.15, 0.2) is 5.58 Å². The van der Waals surface area contributed by atoms with Crippen molar-refractivity contribution < 1.29 is 19.1 Å². The molecule has 208 valence electrons. The van der Waals surface area contributed by atoms with Crippen molar-refractivity contribution in [1.29, 1.82) is 0 Å². The lowest BCUT2D eigenvalue weighted by atomic mass is 9.70. The van der Waals surface area contributed by atoms with Gasteiger partial charge in [-0.05, 0) is 25.0 Å². The fourth-order valence-electron chi connectivity index (χ4n) is 5.44. The molecule has 2 unspecified atom stereocenters. The number of carbonyl (C=O) groups excluding carboxylic acids is 1. The first-order valence-electron chi connectivity index (χ1n) is 14.8. The van der Waals surface area contributed by atoms with Gasteiger partial charge in [0.1, 0.15) is 10.9 Å². The molecule has 0 aliphatic rings. The average molecular weight is 532 g/mol. The summed E-state index contributed by atoms with van der Waals surface area (Å²) in [5, 5.41) is 9.91. The first-order valence-corrected chi connectivity index (χ1v) is 15.2. The summed E-state index contributed by atoms with van der Waals surface area (Å²) in [6.45, 7) is 4.43. The number of rotatable bonds is 22. The number of carboxylic acids is 1. The first kappa shape index (κ1) is 31.4. The van der Waals surface area contributed by atoms with Crippen molar-refractivity contribution in [3.05, 3.63) is 30.2 Å². The summed E-state index contributed by atoms with van der Waals surface area (Å²) in [6, 6.07) is 7.37. The predicted octanol–water partition coefficient (Wildman–Crippen LogP) is 9.28. The van der Waals surface area contributed by atoms with E-state index < -0.39 is 22.4 Å². The van der Waals surface area contributed by atoms with Crippen molar-refractivity contribution in [3.8, 4) is 0 Å². The van der Waals surface area contributed by atoms with Crippen LogP contribution >= 0.6 is 12.6 Å². The number of aromatic nitrogens is 1. The van der Waals surface area contributed by atoms with Crippen molar-refractivity contribution in [2.45, 2.75) is 135 Å². The maximum atomic E-state index is 13.3. The van der Waals surface area contributed by atoms with Crippen LogP contribution in [-0.2, 0) is 15.0 Å². The molecule has 1 N–H and O–H groups in total. The van der Waals surface area contributed by atoms with Gasteiger partial charge >= 0.3 is 5.97 Å². The number of oxazole rings is 1. The van der Waals surface area contributed by atoms with E-state index >= 15 is 0 Å². The monoisotopic (exact) mass is 531 g/mol. The Kier molecular flexibility index (Phi) is 15.0. The second-order valence-corrected chi connectivity index (χ2v) is 11.0. The van der Waals surface area contributed by atoms with Crippen LogP contribution in [0.3, 0.4) is 0 Å². The van der Waals surface area contributed by atoms with Gasteiger partial charge in [0, 0.05) is 0 Å². The summed E-state index contributed by atoms with van der Waals surface area (Å²) in [5.74, 6) is -1.66. The molecule has 2 atom stereocenters. The number of nitrogens with zero attached hydrogens (tertiary/aromatic N) is 1. The number of hydrogen-bond acceptors (Lipinski definition) is 4. The second-order valence-electron chi connectivity index (χ2n) is 10.6. The molecular formula is C31H49NO4S. The standard InChI is InChI=1S/C31H49NO4S/c1-3-5-7-9-11-13-15-17-21-25(28(33)34)31(30(35)37,24-20-16-14-12-10-8-6-4-2)29-32-26-22-18-19-23-27(26)36-29/h18-19,22-23,25H,3-17,20-21,24H2,1-2H3,(H,33,34)(H,35,37). The molecule has 1 aromatic carbocycles. The fourth-order valence-corrected chi connectivity index (χ4v) is 5.80. The smallest absolute Gasteiger partial charge is 0.308 e. The second kappa shape index (κ2) is 17.6. The van der Waals surface area contributed by atoms with Crippen LogP contribution in [-0.4, -0.2) is 21.2 Å². The number of carbonyl (C=O) groups is 2. The van der Waals surface area contributed by atoms with Gasteiger partial charge in [0.25, 0.3) is 0 Å². The molecule has 6 heteroatoms. The van der Waals surface area contributed by atoms with E-state index in [1.165, 1.54) is 64.2 Å². The summed E-state index contributed by atoms with van der Waals surface area (Å²) >= 11 is 4.30. The molecule has 0 aliphatic carbocycles.